The Hall–Kier alpha value is -2.54. The van der Waals surface area contributed by atoms with Gasteiger partial charge in [0.05, 0.1) is 5.69 Å². The van der Waals surface area contributed by atoms with Crippen molar-refractivity contribution in [3.05, 3.63) is 57.8 Å². The second kappa shape index (κ2) is 4.99. The molecule has 0 aliphatic carbocycles. The minimum atomic E-state index is -0.777. The molecule has 6 nitrogen and oxygen atoms in total. The summed E-state index contributed by atoms with van der Waals surface area (Å²) in [4.78, 5) is 23.0. The number of aryl methyl sites for hydroxylation is 1. The number of carbonyl (C=O) groups is 1. The number of hydrazine groups is 1. The average molecular weight is 262 g/mol. The molecule has 0 radical (unpaired) electrons. The van der Waals surface area contributed by atoms with Gasteiger partial charge in [0.1, 0.15) is 5.82 Å². The molecule has 1 aromatic carbocycles. The van der Waals surface area contributed by atoms with Crippen LogP contribution >= 0.6 is 0 Å². The Kier molecular flexibility index (Phi) is 3.39. The Bertz CT molecular complexity index is 679. The Labute approximate surface area is 107 Å². The van der Waals surface area contributed by atoms with Gasteiger partial charge in [0.2, 0.25) is 5.43 Å². The largest absolute Gasteiger partial charge is 0.289 e. The smallest absolute Gasteiger partial charge is 0.289 e. The Morgan fingerprint density at radius 3 is 2.58 bits per heavy atom. The van der Waals surface area contributed by atoms with Crippen LogP contribution in [0.3, 0.4) is 0 Å². The van der Waals surface area contributed by atoms with Gasteiger partial charge in [0.25, 0.3) is 5.91 Å². The number of nitrogens with two attached hydrogens (primary N) is 1. The van der Waals surface area contributed by atoms with Crippen LogP contribution in [-0.4, -0.2) is 15.7 Å². The average Bonchev–Trinajstić information content (AvgIpc) is 2.39. The molecule has 98 valence electrons. The van der Waals surface area contributed by atoms with Gasteiger partial charge in [0.15, 0.2) is 5.69 Å². The van der Waals surface area contributed by atoms with E-state index in [9.17, 15) is 14.0 Å². The molecule has 19 heavy (non-hydrogen) atoms. The van der Waals surface area contributed by atoms with Crippen LogP contribution < -0.4 is 16.7 Å². The van der Waals surface area contributed by atoms with Gasteiger partial charge in [-0.3, -0.25) is 15.0 Å². The fourth-order valence-corrected chi connectivity index (χ4v) is 1.62. The minimum absolute atomic E-state index is 0.322. The van der Waals surface area contributed by atoms with Crippen LogP contribution in [0.1, 0.15) is 16.2 Å². The highest BCUT2D eigenvalue weighted by Gasteiger charge is 2.13. The second-order valence-corrected chi connectivity index (χ2v) is 3.86. The van der Waals surface area contributed by atoms with Crippen LogP contribution in [0.25, 0.3) is 5.69 Å². The normalized spacial score (nSPS) is 10.3. The summed E-state index contributed by atoms with van der Waals surface area (Å²) in [7, 11) is 0. The zero-order valence-electron chi connectivity index (χ0n) is 10.1. The van der Waals surface area contributed by atoms with Crippen molar-refractivity contribution in [3.8, 4) is 5.69 Å². The van der Waals surface area contributed by atoms with Crippen molar-refractivity contribution in [1.82, 2.24) is 15.2 Å². The summed E-state index contributed by atoms with van der Waals surface area (Å²) in [5.41, 5.74) is 2.05. The molecule has 0 atom stereocenters. The SMILES string of the molecule is Cc1cc(=O)c(C(=O)NN)nn1-c1ccc(F)cc1. The number of hydrogen-bond donors (Lipinski definition) is 2. The molecule has 3 N–H and O–H groups in total. The van der Waals surface area contributed by atoms with Crippen molar-refractivity contribution in [2.24, 2.45) is 5.84 Å². The van der Waals surface area contributed by atoms with Gasteiger partial charge < -0.3 is 0 Å². The van der Waals surface area contributed by atoms with Crippen LogP contribution in [-0.2, 0) is 0 Å². The van der Waals surface area contributed by atoms with Gasteiger partial charge in [-0.25, -0.2) is 14.9 Å². The molecule has 0 saturated heterocycles. The zero-order valence-corrected chi connectivity index (χ0v) is 10.1. The van der Waals surface area contributed by atoms with E-state index in [1.807, 2.05) is 5.43 Å². The summed E-state index contributed by atoms with van der Waals surface area (Å²) in [6, 6.07) is 6.77. The topological polar surface area (TPSA) is 90.0 Å². The molecule has 2 rings (SSSR count). The van der Waals surface area contributed by atoms with Crippen LogP contribution in [0.5, 0.6) is 0 Å². The molecular formula is C12H11FN4O2. The summed E-state index contributed by atoms with van der Waals surface area (Å²) < 4.78 is 14.2. The molecule has 2 aromatic rings. The number of hydrogen-bond acceptors (Lipinski definition) is 4. The molecule has 0 saturated carbocycles. The lowest BCUT2D eigenvalue weighted by atomic mass is 10.2. The molecule has 1 aromatic heterocycles. The second-order valence-electron chi connectivity index (χ2n) is 3.86. The third kappa shape index (κ3) is 2.50. The number of carbonyl (C=O) groups excluding carboxylic acids is 1. The summed E-state index contributed by atoms with van der Waals surface area (Å²) in [5, 5.41) is 3.93. The summed E-state index contributed by atoms with van der Waals surface area (Å²) >= 11 is 0. The summed E-state index contributed by atoms with van der Waals surface area (Å²) in [6.45, 7) is 1.65. The van der Waals surface area contributed by atoms with Gasteiger partial charge >= 0.3 is 0 Å². The standard InChI is InChI=1S/C12H11FN4O2/c1-7-6-10(18)11(12(19)15-14)16-17(7)9-4-2-8(13)3-5-9/h2-6H,14H2,1H3,(H,15,19). The van der Waals surface area contributed by atoms with E-state index in [2.05, 4.69) is 5.10 Å². The fourth-order valence-electron chi connectivity index (χ4n) is 1.62. The Morgan fingerprint density at radius 2 is 2.00 bits per heavy atom. The fraction of sp³-hybridized carbons (Fsp3) is 0.0833. The lowest BCUT2D eigenvalue weighted by molar-refractivity contribution is 0.0945. The van der Waals surface area contributed by atoms with E-state index in [0.29, 0.717) is 11.4 Å². The third-order valence-electron chi connectivity index (χ3n) is 2.52. The molecule has 1 amide bonds. The van der Waals surface area contributed by atoms with Gasteiger partial charge in [-0.15, -0.1) is 0 Å². The van der Waals surface area contributed by atoms with Crippen LogP contribution in [0.4, 0.5) is 4.39 Å². The molecular weight excluding hydrogens is 251 g/mol. The molecule has 1 heterocycles. The molecule has 7 heteroatoms. The predicted molar refractivity (Wildman–Crippen MR) is 66.2 cm³/mol. The number of nitrogens with one attached hydrogen (secondary N) is 1. The van der Waals surface area contributed by atoms with Crippen molar-refractivity contribution in [1.29, 1.82) is 0 Å². The number of rotatable bonds is 2. The van der Waals surface area contributed by atoms with Crippen LogP contribution in [0.15, 0.2) is 35.1 Å². The monoisotopic (exact) mass is 262 g/mol. The first-order chi connectivity index (χ1) is 9.02. The lowest BCUT2D eigenvalue weighted by Gasteiger charge is -2.10. The van der Waals surface area contributed by atoms with Crippen molar-refractivity contribution in [2.45, 2.75) is 6.92 Å². The molecule has 0 unspecified atom stereocenters. The highest BCUT2D eigenvalue weighted by molar-refractivity contribution is 5.91. The van der Waals surface area contributed by atoms with Crippen molar-refractivity contribution in [2.75, 3.05) is 0 Å². The van der Waals surface area contributed by atoms with E-state index in [1.54, 1.807) is 6.92 Å². The maximum absolute atomic E-state index is 12.9. The van der Waals surface area contributed by atoms with Gasteiger partial charge in [0, 0.05) is 11.8 Å². The summed E-state index contributed by atoms with van der Waals surface area (Å²) in [5.74, 6) is 3.82. The van der Waals surface area contributed by atoms with E-state index >= 15 is 0 Å². The van der Waals surface area contributed by atoms with Gasteiger partial charge in [-0.1, -0.05) is 0 Å². The summed E-state index contributed by atoms with van der Waals surface area (Å²) in [6.07, 6.45) is 0. The maximum atomic E-state index is 12.9. The van der Waals surface area contributed by atoms with Gasteiger partial charge in [-0.05, 0) is 31.2 Å². The number of nitrogens with zero attached hydrogens (tertiary/aromatic N) is 2. The molecule has 0 aliphatic heterocycles. The number of amides is 1. The molecule has 0 bridgehead atoms. The van der Waals surface area contributed by atoms with E-state index in [4.69, 9.17) is 5.84 Å². The van der Waals surface area contributed by atoms with Crippen molar-refractivity contribution < 1.29 is 9.18 Å². The molecule has 0 fully saturated rings. The zero-order chi connectivity index (χ0) is 14.0. The quantitative estimate of drug-likeness (QED) is 0.462. The number of halogens is 1. The number of benzene rings is 1. The van der Waals surface area contributed by atoms with Crippen LogP contribution in [0, 0.1) is 12.7 Å². The lowest BCUT2D eigenvalue weighted by Crippen LogP contribution is -2.36. The van der Waals surface area contributed by atoms with Gasteiger partial charge in [-0.2, -0.15) is 5.10 Å². The number of nitrogen functional groups attached to an aromatic ring is 1. The first kappa shape index (κ1) is 12.9. The van der Waals surface area contributed by atoms with Crippen LogP contribution in [0.2, 0.25) is 0 Å². The molecule has 0 spiro atoms. The van der Waals surface area contributed by atoms with E-state index in [-0.39, 0.29) is 11.5 Å². The van der Waals surface area contributed by atoms with E-state index < -0.39 is 11.3 Å². The maximum Gasteiger partial charge on any atom is 0.289 e. The van der Waals surface area contributed by atoms with Crippen molar-refractivity contribution in [3.63, 3.8) is 0 Å². The molecule has 0 aliphatic rings. The predicted octanol–water partition coefficient (Wildman–Crippen LogP) is 0.284. The third-order valence-corrected chi connectivity index (χ3v) is 2.52. The first-order valence-electron chi connectivity index (χ1n) is 5.41. The highest BCUT2D eigenvalue weighted by atomic mass is 19.1. The van der Waals surface area contributed by atoms with E-state index in [1.165, 1.54) is 35.0 Å². The van der Waals surface area contributed by atoms with E-state index in [0.717, 1.165) is 0 Å². The number of aromatic nitrogens is 2. The Balaban J connectivity index is 2.60. The highest BCUT2D eigenvalue weighted by Crippen LogP contribution is 2.09. The minimum Gasteiger partial charge on any atom is -0.289 e. The Morgan fingerprint density at radius 1 is 1.37 bits per heavy atom. The van der Waals surface area contributed by atoms with Crippen molar-refractivity contribution >= 4 is 5.91 Å². The first-order valence-corrected chi connectivity index (χ1v) is 5.41.